The van der Waals surface area contributed by atoms with Crippen LogP contribution in [0, 0.1) is 11.7 Å². The molecule has 4 heterocycles. The molecule has 0 aromatic heterocycles. The van der Waals surface area contributed by atoms with E-state index in [-0.39, 0.29) is 43.7 Å². The summed E-state index contributed by atoms with van der Waals surface area (Å²) >= 11 is 0. The molecule has 6 rings (SSSR count). The Morgan fingerprint density at radius 2 is 1.98 bits per heavy atom. The van der Waals surface area contributed by atoms with Crippen LogP contribution in [-0.2, 0) is 36.9 Å². The molecule has 11 nitrogen and oxygen atoms in total. The number of hydrogen-bond donors (Lipinski definition) is 1. The highest BCUT2D eigenvalue weighted by Crippen LogP contribution is 2.52. The Hall–Kier alpha value is -3.96. The van der Waals surface area contributed by atoms with Crippen molar-refractivity contribution in [2.45, 2.75) is 108 Å². The lowest BCUT2D eigenvalue weighted by Crippen LogP contribution is -2.52. The van der Waals surface area contributed by atoms with E-state index in [4.69, 9.17) is 19.2 Å². The number of nitrogens with zero attached hydrogens (tertiary/aromatic N) is 3. The molecule has 12 heteroatoms. The average molecular weight is 611 g/mol. The number of aliphatic imine (C=N–C) groups is 1. The fourth-order valence-electron chi connectivity index (χ4n) is 6.50. The van der Waals surface area contributed by atoms with Crippen molar-refractivity contribution in [1.82, 2.24) is 15.1 Å². The number of benzene rings is 1. The maximum Gasteiger partial charge on any atom is 0.410 e. The van der Waals surface area contributed by atoms with Crippen LogP contribution in [0.15, 0.2) is 35.3 Å². The summed E-state index contributed by atoms with van der Waals surface area (Å²) in [6, 6.07) is 3.07. The number of halogens is 1. The molecule has 1 saturated carbocycles. The minimum Gasteiger partial charge on any atom is -0.444 e. The normalized spacial score (nSPS) is 29.9. The largest absolute Gasteiger partial charge is 0.444 e. The van der Waals surface area contributed by atoms with Crippen LogP contribution in [0.2, 0.25) is 0 Å². The molecule has 44 heavy (non-hydrogen) atoms. The Bertz CT molecular complexity index is 1420. The molecule has 1 N–H and O–H groups in total. The molecule has 2 fully saturated rings. The van der Waals surface area contributed by atoms with Gasteiger partial charge in [0.1, 0.15) is 29.6 Å². The molecule has 5 atom stereocenters. The lowest BCUT2D eigenvalue weighted by Gasteiger charge is -2.29. The maximum atomic E-state index is 14.3. The smallest absolute Gasteiger partial charge is 0.410 e. The van der Waals surface area contributed by atoms with E-state index in [1.165, 1.54) is 15.9 Å². The molecule has 1 aliphatic carbocycles. The van der Waals surface area contributed by atoms with Crippen LogP contribution in [0.5, 0.6) is 0 Å². The Labute approximate surface area is 255 Å². The van der Waals surface area contributed by atoms with Gasteiger partial charge in [0.05, 0.1) is 13.1 Å². The Balaban J connectivity index is 1.24. The predicted octanol–water partition coefficient (Wildman–Crippen LogP) is 4.38. The zero-order valence-electron chi connectivity index (χ0n) is 25.3. The Morgan fingerprint density at radius 3 is 2.75 bits per heavy atom. The minimum absolute atomic E-state index is 0.0176. The third-order valence-corrected chi connectivity index (χ3v) is 8.85. The number of amides is 3. The number of allylic oxidation sites excluding steroid dienone is 1. The van der Waals surface area contributed by atoms with Crippen molar-refractivity contribution >= 4 is 30.0 Å². The van der Waals surface area contributed by atoms with E-state index in [9.17, 15) is 23.6 Å². The van der Waals surface area contributed by atoms with E-state index in [0.717, 1.165) is 24.8 Å². The summed E-state index contributed by atoms with van der Waals surface area (Å²) < 4.78 is 31.3. The van der Waals surface area contributed by atoms with Crippen LogP contribution >= 0.6 is 0 Å². The number of carbonyl (C=O) groups excluding carboxylic acids is 4. The van der Waals surface area contributed by atoms with Gasteiger partial charge in [0.2, 0.25) is 11.8 Å². The number of fused-ring (bicyclic) bond motifs is 3. The monoisotopic (exact) mass is 610 g/mol. The molecule has 1 aromatic rings. The van der Waals surface area contributed by atoms with Gasteiger partial charge in [-0.1, -0.05) is 37.1 Å². The third-order valence-electron chi connectivity index (χ3n) is 8.85. The standard InChI is InChI=1S/C32H39FN4O7/c1-31(2,3)44-29(40)34-24-13-8-6-4-5-7-11-20-15-32(20)28(39)43-26(35-32)25-14-21(17-37(25)27(24)38)42-30(41)36-16-19-10-9-12-23(33)22(19)18-36/h7,9-12,20-21,24-25H,4-6,8,13-18H2,1-3H3,(H,34,40)/t20-,21-,24+,25+,32-/m1/s1. The summed E-state index contributed by atoms with van der Waals surface area (Å²) in [5.41, 5.74) is -0.553. The molecular weight excluding hydrogens is 571 g/mol. The highest BCUT2D eigenvalue weighted by atomic mass is 19.1. The molecule has 3 amide bonds. The first-order chi connectivity index (χ1) is 20.9. The minimum atomic E-state index is -0.977. The SMILES string of the molecule is CC(C)(C)OC(=O)N[C@H]1CCCCCC=C[C@@H]2C[C@@]23N=C(OC3=O)[C@@H]2C[C@@H](OC(=O)N3Cc4cccc(F)c4C3)CN2C1=O. The first-order valence-corrected chi connectivity index (χ1v) is 15.4. The van der Waals surface area contributed by atoms with Crippen molar-refractivity contribution < 1.29 is 37.8 Å². The molecular formula is C32H39FN4O7. The van der Waals surface area contributed by atoms with Gasteiger partial charge in [-0.15, -0.1) is 0 Å². The van der Waals surface area contributed by atoms with E-state index in [0.29, 0.717) is 24.8 Å². The zero-order chi connectivity index (χ0) is 31.2. The molecule has 236 valence electrons. The fraction of sp³-hybridized carbons (Fsp3) is 0.594. The summed E-state index contributed by atoms with van der Waals surface area (Å²) in [6.45, 7) is 5.55. The Morgan fingerprint density at radius 1 is 1.16 bits per heavy atom. The number of rotatable bonds is 2. The van der Waals surface area contributed by atoms with Gasteiger partial charge < -0.3 is 24.4 Å². The van der Waals surface area contributed by atoms with E-state index >= 15 is 0 Å². The van der Waals surface area contributed by atoms with Gasteiger partial charge in [-0.05, 0) is 58.1 Å². The van der Waals surface area contributed by atoms with Gasteiger partial charge in [-0.3, -0.25) is 9.69 Å². The van der Waals surface area contributed by atoms with Gasteiger partial charge in [-0.2, -0.15) is 0 Å². The summed E-state index contributed by atoms with van der Waals surface area (Å²) in [6.07, 6.45) is 6.40. The van der Waals surface area contributed by atoms with Crippen LogP contribution < -0.4 is 5.32 Å². The number of nitrogens with one attached hydrogen (secondary N) is 1. The number of alkyl carbamates (subject to hydrolysis) is 1. The van der Waals surface area contributed by atoms with Gasteiger partial charge >= 0.3 is 18.2 Å². The number of ether oxygens (including phenoxy) is 3. The number of carbonyl (C=O) groups is 4. The van der Waals surface area contributed by atoms with E-state index in [1.807, 2.05) is 6.08 Å². The fourth-order valence-corrected chi connectivity index (χ4v) is 6.50. The number of esters is 1. The second-order valence-electron chi connectivity index (χ2n) is 13.3. The maximum absolute atomic E-state index is 14.3. The molecule has 0 radical (unpaired) electrons. The molecule has 0 unspecified atom stereocenters. The second kappa shape index (κ2) is 11.5. The van der Waals surface area contributed by atoms with E-state index in [1.54, 1.807) is 32.9 Å². The molecule has 2 bridgehead atoms. The summed E-state index contributed by atoms with van der Waals surface area (Å²) in [7, 11) is 0. The van der Waals surface area contributed by atoms with Crippen molar-refractivity contribution in [3.05, 3.63) is 47.3 Å². The number of hydrogen-bond acceptors (Lipinski definition) is 8. The van der Waals surface area contributed by atoms with Crippen LogP contribution in [0.4, 0.5) is 14.0 Å². The molecule has 1 spiro atoms. The van der Waals surface area contributed by atoms with Gasteiger partial charge in [0, 0.05) is 24.4 Å². The van der Waals surface area contributed by atoms with Gasteiger partial charge in [0.15, 0.2) is 5.54 Å². The van der Waals surface area contributed by atoms with Gasteiger partial charge in [0.25, 0.3) is 0 Å². The van der Waals surface area contributed by atoms with Crippen LogP contribution in [0.1, 0.15) is 76.8 Å². The topological polar surface area (TPSA) is 127 Å². The third kappa shape index (κ3) is 6.03. The van der Waals surface area contributed by atoms with Crippen molar-refractivity contribution in [3.8, 4) is 0 Å². The predicted molar refractivity (Wildman–Crippen MR) is 156 cm³/mol. The van der Waals surface area contributed by atoms with Crippen LogP contribution in [0.3, 0.4) is 0 Å². The molecule has 4 aliphatic heterocycles. The molecule has 5 aliphatic rings. The van der Waals surface area contributed by atoms with Crippen LogP contribution in [-0.4, -0.2) is 75.6 Å². The van der Waals surface area contributed by atoms with E-state index in [2.05, 4.69) is 11.4 Å². The summed E-state index contributed by atoms with van der Waals surface area (Å²) in [5.74, 6) is -1.14. The Kier molecular flexibility index (Phi) is 7.87. The summed E-state index contributed by atoms with van der Waals surface area (Å²) in [5, 5.41) is 2.75. The van der Waals surface area contributed by atoms with Crippen molar-refractivity contribution in [2.75, 3.05) is 6.54 Å². The quantitative estimate of drug-likeness (QED) is 0.299. The van der Waals surface area contributed by atoms with Crippen molar-refractivity contribution in [3.63, 3.8) is 0 Å². The molecule has 1 aromatic carbocycles. The van der Waals surface area contributed by atoms with Crippen molar-refractivity contribution in [1.29, 1.82) is 0 Å². The van der Waals surface area contributed by atoms with E-state index < -0.39 is 53.4 Å². The van der Waals surface area contributed by atoms with Crippen LogP contribution in [0.25, 0.3) is 0 Å². The van der Waals surface area contributed by atoms with Crippen molar-refractivity contribution in [2.24, 2.45) is 10.9 Å². The van der Waals surface area contributed by atoms with Gasteiger partial charge in [-0.25, -0.2) is 23.8 Å². The summed E-state index contributed by atoms with van der Waals surface area (Å²) in [4.78, 5) is 60.8. The first kappa shape index (κ1) is 30.1. The lowest BCUT2D eigenvalue weighted by molar-refractivity contribution is -0.138. The second-order valence-corrected chi connectivity index (χ2v) is 13.3. The molecule has 1 saturated heterocycles. The zero-order valence-corrected chi connectivity index (χ0v) is 25.3. The highest BCUT2D eigenvalue weighted by molar-refractivity contribution is 6.06. The first-order valence-electron chi connectivity index (χ1n) is 15.4. The lowest BCUT2D eigenvalue weighted by atomic mass is 10.0. The average Bonchev–Trinajstić information content (AvgIpc) is 3.24. The highest BCUT2D eigenvalue weighted by Gasteiger charge is 2.65.